The van der Waals surface area contributed by atoms with Gasteiger partial charge in [-0.25, -0.2) is 4.98 Å². The normalized spacial score (nSPS) is 11.1. The fraction of sp³-hybridized carbons (Fsp3) is 0.148. The minimum Gasteiger partial charge on any atom is -0.427 e. The van der Waals surface area contributed by atoms with E-state index in [2.05, 4.69) is 10.3 Å². The highest BCUT2D eigenvalue weighted by molar-refractivity contribution is 6.30. The van der Waals surface area contributed by atoms with Crippen LogP contribution in [0.4, 0.5) is 11.4 Å². The smallest absolute Gasteiger partial charge is 0.308 e. The van der Waals surface area contributed by atoms with Gasteiger partial charge in [0.05, 0.1) is 11.0 Å². The molecule has 0 bridgehead atoms. The van der Waals surface area contributed by atoms with E-state index in [-0.39, 0.29) is 12.3 Å². The third-order valence-corrected chi connectivity index (χ3v) is 5.96. The monoisotopic (exact) mass is 485 g/mol. The van der Waals surface area contributed by atoms with E-state index in [0.717, 1.165) is 28.0 Å². The molecule has 0 saturated carbocycles. The second kappa shape index (κ2) is 9.64. The molecule has 2 heterocycles. The Bertz CT molecular complexity index is 1470. The SMILES string of the molecule is CN(C)c1ccc(NC(=O)CCc2oc(-n3cnc4ccccc43)nc2-c2ccc(Cl)cc2)cc1. The molecule has 0 aliphatic carbocycles. The summed E-state index contributed by atoms with van der Waals surface area (Å²) in [4.78, 5) is 23.9. The van der Waals surface area contributed by atoms with Crippen LogP contribution in [0.2, 0.25) is 5.02 Å². The first kappa shape index (κ1) is 22.7. The van der Waals surface area contributed by atoms with Gasteiger partial charge in [0.1, 0.15) is 17.8 Å². The first-order valence-corrected chi connectivity index (χ1v) is 11.6. The topological polar surface area (TPSA) is 76.2 Å². The van der Waals surface area contributed by atoms with Gasteiger partial charge in [0.15, 0.2) is 0 Å². The van der Waals surface area contributed by atoms with Gasteiger partial charge in [0, 0.05) is 48.9 Å². The van der Waals surface area contributed by atoms with E-state index in [1.807, 2.05) is 96.4 Å². The van der Waals surface area contributed by atoms with Crippen molar-refractivity contribution in [2.75, 3.05) is 24.3 Å². The van der Waals surface area contributed by atoms with Gasteiger partial charge in [-0.1, -0.05) is 35.9 Å². The fourth-order valence-electron chi connectivity index (χ4n) is 3.85. The number of para-hydroxylation sites is 2. The molecule has 0 aliphatic heterocycles. The number of fused-ring (bicyclic) bond motifs is 1. The van der Waals surface area contributed by atoms with Gasteiger partial charge in [-0.15, -0.1) is 0 Å². The summed E-state index contributed by atoms with van der Waals surface area (Å²) in [7, 11) is 3.95. The summed E-state index contributed by atoms with van der Waals surface area (Å²) in [6, 6.07) is 23.3. The third-order valence-electron chi connectivity index (χ3n) is 5.71. The predicted octanol–water partition coefficient (Wildman–Crippen LogP) is 5.97. The van der Waals surface area contributed by atoms with Crippen molar-refractivity contribution in [2.24, 2.45) is 0 Å². The quantitative estimate of drug-likeness (QED) is 0.307. The lowest BCUT2D eigenvalue weighted by atomic mass is 10.1. The molecule has 5 rings (SSSR count). The number of nitrogens with one attached hydrogen (secondary N) is 1. The van der Waals surface area contributed by atoms with Gasteiger partial charge in [0.25, 0.3) is 0 Å². The summed E-state index contributed by atoms with van der Waals surface area (Å²) in [6.07, 6.45) is 2.32. The van der Waals surface area contributed by atoms with Gasteiger partial charge in [-0.2, -0.15) is 4.98 Å². The Morgan fingerprint density at radius 2 is 1.77 bits per heavy atom. The number of nitrogens with zero attached hydrogens (tertiary/aromatic N) is 4. The molecule has 176 valence electrons. The van der Waals surface area contributed by atoms with Crippen LogP contribution >= 0.6 is 11.6 Å². The summed E-state index contributed by atoms with van der Waals surface area (Å²) in [5.74, 6) is 0.522. The highest BCUT2D eigenvalue weighted by Gasteiger charge is 2.19. The highest BCUT2D eigenvalue weighted by Crippen LogP contribution is 2.29. The predicted molar refractivity (Wildman–Crippen MR) is 139 cm³/mol. The average Bonchev–Trinajstić information content (AvgIpc) is 3.48. The fourth-order valence-corrected chi connectivity index (χ4v) is 3.98. The zero-order valence-electron chi connectivity index (χ0n) is 19.4. The lowest BCUT2D eigenvalue weighted by Crippen LogP contribution is -2.13. The maximum atomic E-state index is 12.7. The van der Waals surface area contributed by atoms with Crippen molar-refractivity contribution in [3.05, 3.63) is 89.9 Å². The number of anilines is 2. The zero-order valence-corrected chi connectivity index (χ0v) is 20.2. The summed E-state index contributed by atoms with van der Waals surface area (Å²) >= 11 is 6.09. The van der Waals surface area contributed by atoms with Crippen LogP contribution in [-0.4, -0.2) is 34.5 Å². The van der Waals surface area contributed by atoms with Gasteiger partial charge < -0.3 is 14.6 Å². The number of aromatic nitrogens is 3. The van der Waals surface area contributed by atoms with E-state index in [4.69, 9.17) is 21.0 Å². The number of carbonyl (C=O) groups excluding carboxylic acids is 1. The van der Waals surface area contributed by atoms with Gasteiger partial charge in [-0.05, 0) is 48.5 Å². The third kappa shape index (κ3) is 4.90. The van der Waals surface area contributed by atoms with Crippen molar-refractivity contribution in [1.29, 1.82) is 0 Å². The lowest BCUT2D eigenvalue weighted by Gasteiger charge is -2.13. The van der Waals surface area contributed by atoms with Crippen LogP contribution in [0.25, 0.3) is 28.3 Å². The van der Waals surface area contributed by atoms with E-state index in [1.54, 1.807) is 6.33 Å². The lowest BCUT2D eigenvalue weighted by molar-refractivity contribution is -0.116. The Morgan fingerprint density at radius 3 is 2.51 bits per heavy atom. The number of hydrogen-bond donors (Lipinski definition) is 1. The van der Waals surface area contributed by atoms with Crippen LogP contribution in [0.5, 0.6) is 0 Å². The number of carbonyl (C=O) groups is 1. The first-order chi connectivity index (χ1) is 17.0. The van der Waals surface area contributed by atoms with Crippen molar-refractivity contribution >= 4 is 39.9 Å². The van der Waals surface area contributed by atoms with Crippen molar-refractivity contribution in [3.8, 4) is 17.3 Å². The number of oxazole rings is 1. The van der Waals surface area contributed by atoms with E-state index >= 15 is 0 Å². The number of amides is 1. The molecule has 0 spiro atoms. The van der Waals surface area contributed by atoms with Crippen LogP contribution in [0.3, 0.4) is 0 Å². The summed E-state index contributed by atoms with van der Waals surface area (Å²) in [5, 5.41) is 3.59. The molecular formula is C27H24ClN5O2. The molecule has 5 aromatic rings. The standard InChI is InChI=1S/C27H24ClN5O2/c1-32(2)21-13-11-20(12-14-21)30-25(34)16-15-24-26(18-7-9-19(28)10-8-18)31-27(35-24)33-17-29-22-5-3-4-6-23(22)33/h3-14,17H,15-16H2,1-2H3,(H,30,34). The molecule has 0 unspecified atom stereocenters. The van der Waals surface area contributed by atoms with Crippen LogP contribution in [0.1, 0.15) is 12.2 Å². The Labute approximate surface area is 208 Å². The van der Waals surface area contributed by atoms with Crippen molar-refractivity contribution in [2.45, 2.75) is 12.8 Å². The molecule has 0 fully saturated rings. The molecule has 0 radical (unpaired) electrons. The van der Waals surface area contributed by atoms with Crippen LogP contribution < -0.4 is 10.2 Å². The molecule has 0 aliphatic rings. The maximum Gasteiger partial charge on any atom is 0.308 e. The first-order valence-electron chi connectivity index (χ1n) is 11.2. The zero-order chi connectivity index (χ0) is 24.4. The molecule has 2 aromatic heterocycles. The Morgan fingerprint density at radius 1 is 1.03 bits per heavy atom. The Kier molecular flexibility index (Phi) is 6.25. The number of imidazole rings is 1. The van der Waals surface area contributed by atoms with E-state index in [9.17, 15) is 4.79 Å². The molecule has 35 heavy (non-hydrogen) atoms. The molecule has 7 nitrogen and oxygen atoms in total. The van der Waals surface area contributed by atoms with Crippen molar-refractivity contribution in [1.82, 2.24) is 14.5 Å². The molecular weight excluding hydrogens is 462 g/mol. The number of halogens is 1. The van der Waals surface area contributed by atoms with E-state index in [1.165, 1.54) is 0 Å². The second-order valence-corrected chi connectivity index (χ2v) is 8.80. The van der Waals surface area contributed by atoms with Gasteiger partial charge >= 0.3 is 6.01 Å². The van der Waals surface area contributed by atoms with Gasteiger partial charge in [-0.3, -0.25) is 9.36 Å². The van der Waals surface area contributed by atoms with E-state index in [0.29, 0.717) is 28.9 Å². The molecule has 0 saturated heterocycles. The second-order valence-electron chi connectivity index (χ2n) is 8.37. The highest BCUT2D eigenvalue weighted by atomic mass is 35.5. The molecule has 8 heteroatoms. The van der Waals surface area contributed by atoms with Crippen LogP contribution in [0, 0.1) is 0 Å². The summed E-state index contributed by atoms with van der Waals surface area (Å²) < 4.78 is 8.00. The molecule has 0 atom stereocenters. The minimum absolute atomic E-state index is 0.101. The Balaban J connectivity index is 1.40. The number of rotatable bonds is 7. The number of hydrogen-bond acceptors (Lipinski definition) is 5. The maximum absolute atomic E-state index is 12.7. The summed E-state index contributed by atoms with van der Waals surface area (Å²) in [6.45, 7) is 0. The minimum atomic E-state index is -0.101. The molecule has 1 amide bonds. The molecule has 1 N–H and O–H groups in total. The van der Waals surface area contributed by atoms with Crippen LogP contribution in [-0.2, 0) is 11.2 Å². The van der Waals surface area contributed by atoms with Crippen molar-refractivity contribution < 1.29 is 9.21 Å². The largest absolute Gasteiger partial charge is 0.427 e. The Hall–Kier alpha value is -4.10. The summed E-state index contributed by atoms with van der Waals surface area (Å²) in [5.41, 5.74) is 5.10. The van der Waals surface area contributed by atoms with Gasteiger partial charge in [0.2, 0.25) is 5.91 Å². The van der Waals surface area contributed by atoms with Crippen molar-refractivity contribution in [3.63, 3.8) is 0 Å². The average molecular weight is 486 g/mol. The molecule has 3 aromatic carbocycles. The van der Waals surface area contributed by atoms with E-state index < -0.39 is 0 Å². The van der Waals surface area contributed by atoms with Crippen LogP contribution in [0.15, 0.2) is 83.5 Å². The number of aryl methyl sites for hydroxylation is 1. The number of benzene rings is 3.